The first-order valence-corrected chi connectivity index (χ1v) is 10.7. The van der Waals surface area contributed by atoms with Crippen LogP contribution in [0.4, 0.5) is 5.95 Å². The molecule has 1 aromatic heterocycles. The molecule has 1 aromatic rings. The van der Waals surface area contributed by atoms with Crippen molar-refractivity contribution in [2.45, 2.75) is 58.0 Å². The molecule has 3 saturated heterocycles. The predicted molar refractivity (Wildman–Crippen MR) is 109 cm³/mol. The molecule has 3 fully saturated rings. The number of piperidine rings is 2. The van der Waals surface area contributed by atoms with Gasteiger partial charge in [0, 0.05) is 38.8 Å². The molecule has 2 amide bonds. The van der Waals surface area contributed by atoms with Gasteiger partial charge in [0.1, 0.15) is 5.69 Å². The fourth-order valence-corrected chi connectivity index (χ4v) is 5.22. The van der Waals surface area contributed by atoms with E-state index < -0.39 is 0 Å². The minimum Gasteiger partial charge on any atom is -0.378 e. The summed E-state index contributed by atoms with van der Waals surface area (Å²) in [5.41, 5.74) is 0.939. The van der Waals surface area contributed by atoms with Gasteiger partial charge in [-0.05, 0) is 45.6 Å². The molecule has 0 N–H and O–H groups in total. The molecule has 8 nitrogen and oxygen atoms in total. The van der Waals surface area contributed by atoms with Crippen LogP contribution in [-0.4, -0.2) is 82.6 Å². The smallest absolute Gasteiger partial charge is 0.272 e. The normalized spacial score (nSPS) is 27.6. The highest BCUT2D eigenvalue weighted by Crippen LogP contribution is 2.39. The van der Waals surface area contributed by atoms with E-state index in [0.29, 0.717) is 31.4 Å². The number of aromatic nitrogens is 2. The van der Waals surface area contributed by atoms with Crippen molar-refractivity contribution in [3.63, 3.8) is 0 Å². The van der Waals surface area contributed by atoms with Crippen LogP contribution < -0.4 is 4.90 Å². The van der Waals surface area contributed by atoms with Gasteiger partial charge in [0.2, 0.25) is 11.9 Å². The van der Waals surface area contributed by atoms with E-state index in [1.165, 1.54) is 0 Å². The first-order chi connectivity index (χ1) is 13.9. The number of carbonyl (C=O) groups excluding carboxylic acids is 2. The van der Waals surface area contributed by atoms with Crippen LogP contribution in [0.15, 0.2) is 6.07 Å². The monoisotopic (exact) mass is 401 g/mol. The third kappa shape index (κ3) is 3.70. The standard InChI is InChI=1S/C21H31N5O3/c1-15-14-17(23-20(22-15)24-10-12-29-13-11-24)19(28)25-8-5-7-21(3)18(25)6-4-9-26(21)16(2)27/h14,18H,4-13H2,1-3H3/t18-,21+/m1/s1. The molecular formula is C21H31N5O3. The summed E-state index contributed by atoms with van der Waals surface area (Å²) in [5.74, 6) is 0.649. The number of hydrogen-bond donors (Lipinski definition) is 0. The number of nitrogens with zero attached hydrogens (tertiary/aromatic N) is 5. The molecule has 0 bridgehead atoms. The Morgan fingerprint density at radius 3 is 2.62 bits per heavy atom. The second-order valence-electron chi connectivity index (χ2n) is 8.58. The highest BCUT2D eigenvalue weighted by Gasteiger charge is 2.49. The minimum absolute atomic E-state index is 0.0310. The van der Waals surface area contributed by atoms with E-state index in [-0.39, 0.29) is 23.4 Å². The van der Waals surface area contributed by atoms with E-state index in [1.54, 1.807) is 13.0 Å². The number of likely N-dealkylation sites (tertiary alicyclic amines) is 2. The summed E-state index contributed by atoms with van der Waals surface area (Å²) >= 11 is 0. The van der Waals surface area contributed by atoms with Gasteiger partial charge in [0.05, 0.1) is 24.8 Å². The highest BCUT2D eigenvalue weighted by molar-refractivity contribution is 5.93. The Labute approximate surface area is 172 Å². The van der Waals surface area contributed by atoms with Crippen LogP contribution >= 0.6 is 0 Å². The van der Waals surface area contributed by atoms with E-state index in [4.69, 9.17) is 4.74 Å². The Balaban J connectivity index is 1.62. The van der Waals surface area contributed by atoms with Crippen LogP contribution in [-0.2, 0) is 9.53 Å². The lowest BCUT2D eigenvalue weighted by atomic mass is 9.76. The predicted octanol–water partition coefficient (Wildman–Crippen LogP) is 1.63. The summed E-state index contributed by atoms with van der Waals surface area (Å²) in [5, 5.41) is 0. The second-order valence-corrected chi connectivity index (χ2v) is 8.58. The molecule has 29 heavy (non-hydrogen) atoms. The fourth-order valence-electron chi connectivity index (χ4n) is 5.22. The zero-order valence-corrected chi connectivity index (χ0v) is 17.7. The number of aryl methyl sites for hydroxylation is 1. The van der Waals surface area contributed by atoms with Gasteiger partial charge in [-0.25, -0.2) is 9.97 Å². The Morgan fingerprint density at radius 1 is 1.14 bits per heavy atom. The van der Waals surface area contributed by atoms with Crippen molar-refractivity contribution in [2.24, 2.45) is 0 Å². The summed E-state index contributed by atoms with van der Waals surface area (Å²) in [6, 6.07) is 1.81. The fraction of sp³-hybridized carbons (Fsp3) is 0.714. The summed E-state index contributed by atoms with van der Waals surface area (Å²) in [4.78, 5) is 41.0. The van der Waals surface area contributed by atoms with Gasteiger partial charge >= 0.3 is 0 Å². The summed E-state index contributed by atoms with van der Waals surface area (Å²) in [6.07, 6.45) is 3.67. The lowest BCUT2D eigenvalue weighted by Crippen LogP contribution is -2.68. The zero-order valence-electron chi connectivity index (χ0n) is 17.7. The quantitative estimate of drug-likeness (QED) is 0.749. The maximum absolute atomic E-state index is 13.5. The van der Waals surface area contributed by atoms with Crippen LogP contribution in [0, 0.1) is 6.92 Å². The molecule has 3 aliphatic rings. The van der Waals surface area contributed by atoms with E-state index in [1.807, 2.05) is 16.7 Å². The van der Waals surface area contributed by atoms with E-state index in [2.05, 4.69) is 21.8 Å². The van der Waals surface area contributed by atoms with Crippen LogP contribution in [0.3, 0.4) is 0 Å². The van der Waals surface area contributed by atoms with Crippen LogP contribution in [0.25, 0.3) is 0 Å². The third-order valence-corrected chi connectivity index (χ3v) is 6.65. The van der Waals surface area contributed by atoms with Gasteiger partial charge < -0.3 is 19.4 Å². The van der Waals surface area contributed by atoms with Gasteiger partial charge in [-0.1, -0.05) is 0 Å². The first kappa shape index (κ1) is 20.1. The third-order valence-electron chi connectivity index (χ3n) is 6.65. The van der Waals surface area contributed by atoms with Gasteiger partial charge in [-0.15, -0.1) is 0 Å². The lowest BCUT2D eigenvalue weighted by Gasteiger charge is -2.56. The number of fused-ring (bicyclic) bond motifs is 1. The zero-order chi connectivity index (χ0) is 20.6. The molecule has 4 heterocycles. The average Bonchev–Trinajstić information content (AvgIpc) is 2.72. The molecule has 158 valence electrons. The first-order valence-electron chi connectivity index (χ1n) is 10.7. The Morgan fingerprint density at radius 2 is 1.90 bits per heavy atom. The maximum atomic E-state index is 13.5. The number of hydrogen-bond acceptors (Lipinski definition) is 6. The number of ether oxygens (including phenoxy) is 1. The molecule has 2 atom stereocenters. The molecule has 0 aromatic carbocycles. The molecule has 0 spiro atoms. The number of anilines is 1. The Bertz CT molecular complexity index is 795. The molecule has 0 radical (unpaired) electrons. The van der Waals surface area contributed by atoms with Crippen molar-refractivity contribution in [1.82, 2.24) is 19.8 Å². The molecular weight excluding hydrogens is 370 g/mol. The van der Waals surface area contributed by atoms with Crippen LogP contribution in [0.1, 0.15) is 55.7 Å². The molecule has 0 saturated carbocycles. The maximum Gasteiger partial charge on any atom is 0.272 e. The molecule has 3 aliphatic heterocycles. The average molecular weight is 402 g/mol. The van der Waals surface area contributed by atoms with Crippen LogP contribution in [0.2, 0.25) is 0 Å². The highest BCUT2D eigenvalue weighted by atomic mass is 16.5. The van der Waals surface area contributed by atoms with Gasteiger partial charge in [0.15, 0.2) is 0 Å². The van der Waals surface area contributed by atoms with Crippen molar-refractivity contribution >= 4 is 17.8 Å². The summed E-state index contributed by atoms with van der Waals surface area (Å²) in [7, 11) is 0. The second kappa shape index (κ2) is 7.89. The molecule has 0 unspecified atom stereocenters. The largest absolute Gasteiger partial charge is 0.378 e. The van der Waals surface area contributed by atoms with Crippen LogP contribution in [0.5, 0.6) is 0 Å². The van der Waals surface area contributed by atoms with E-state index in [0.717, 1.165) is 51.0 Å². The van der Waals surface area contributed by atoms with Crippen molar-refractivity contribution in [1.29, 1.82) is 0 Å². The topological polar surface area (TPSA) is 78.9 Å². The number of carbonyl (C=O) groups is 2. The summed E-state index contributed by atoms with van der Waals surface area (Å²) in [6.45, 7) is 9.92. The Kier molecular flexibility index (Phi) is 5.46. The number of amides is 2. The molecule has 4 rings (SSSR count). The van der Waals surface area contributed by atoms with E-state index in [9.17, 15) is 9.59 Å². The van der Waals surface area contributed by atoms with Gasteiger partial charge in [-0.3, -0.25) is 9.59 Å². The van der Waals surface area contributed by atoms with Crippen molar-refractivity contribution < 1.29 is 14.3 Å². The van der Waals surface area contributed by atoms with E-state index >= 15 is 0 Å². The van der Waals surface area contributed by atoms with Gasteiger partial charge in [0.25, 0.3) is 5.91 Å². The lowest BCUT2D eigenvalue weighted by molar-refractivity contribution is -0.143. The molecule has 8 heteroatoms. The van der Waals surface area contributed by atoms with Crippen molar-refractivity contribution in [3.8, 4) is 0 Å². The summed E-state index contributed by atoms with van der Waals surface area (Å²) < 4.78 is 5.42. The number of rotatable bonds is 2. The van der Waals surface area contributed by atoms with Gasteiger partial charge in [-0.2, -0.15) is 0 Å². The van der Waals surface area contributed by atoms with Crippen molar-refractivity contribution in [2.75, 3.05) is 44.3 Å². The number of morpholine rings is 1. The minimum atomic E-state index is -0.299. The Hall–Kier alpha value is -2.22. The van der Waals surface area contributed by atoms with Crippen molar-refractivity contribution in [3.05, 3.63) is 17.5 Å². The molecule has 0 aliphatic carbocycles. The SMILES string of the molecule is CC(=O)N1CCC[C@H]2N(C(=O)c3cc(C)nc(N4CCOCC4)n3)CCC[C@@]21C.